The van der Waals surface area contributed by atoms with E-state index in [0.717, 1.165) is 22.4 Å². The molecular weight excluding hydrogens is 434 g/mol. The Hall–Kier alpha value is -4.12. The van der Waals surface area contributed by atoms with Crippen molar-refractivity contribution in [2.45, 2.75) is 31.9 Å². The Bertz CT molecular complexity index is 1160. The number of benzene rings is 3. The molecule has 0 aliphatic rings. The van der Waals surface area contributed by atoms with Crippen LogP contribution >= 0.6 is 0 Å². The zero-order valence-corrected chi connectivity index (χ0v) is 20.4. The van der Waals surface area contributed by atoms with E-state index in [1.807, 2.05) is 63.6 Å². The second-order valence-electron chi connectivity index (χ2n) is 9.30. The van der Waals surface area contributed by atoms with Crippen LogP contribution in [0.25, 0.3) is 6.08 Å². The van der Waals surface area contributed by atoms with Gasteiger partial charge in [0.05, 0.1) is 12.0 Å². The first-order valence-electron chi connectivity index (χ1n) is 11.7. The van der Waals surface area contributed by atoms with E-state index in [2.05, 4.69) is 87.7 Å². The molecule has 5 nitrogen and oxygen atoms in total. The summed E-state index contributed by atoms with van der Waals surface area (Å²) in [5, 5.41) is 2.74. The third kappa shape index (κ3) is 5.52. The summed E-state index contributed by atoms with van der Waals surface area (Å²) in [4.78, 5) is 16.6. The van der Waals surface area contributed by atoms with Gasteiger partial charge < -0.3 is 14.6 Å². The summed E-state index contributed by atoms with van der Waals surface area (Å²) in [6.45, 7) is 5.87. The molecule has 0 saturated heterocycles. The molecule has 0 unspecified atom stereocenters. The smallest absolute Gasteiger partial charge is 0.407 e. The summed E-state index contributed by atoms with van der Waals surface area (Å²) >= 11 is 0. The lowest BCUT2D eigenvalue weighted by Crippen LogP contribution is -2.36. The van der Waals surface area contributed by atoms with Gasteiger partial charge in [-0.2, -0.15) is 0 Å². The first-order valence-corrected chi connectivity index (χ1v) is 11.7. The van der Waals surface area contributed by atoms with Crippen molar-refractivity contribution < 1.29 is 9.53 Å². The third-order valence-electron chi connectivity index (χ3n) is 5.62. The van der Waals surface area contributed by atoms with Crippen molar-refractivity contribution in [2.75, 3.05) is 6.54 Å². The van der Waals surface area contributed by atoms with Gasteiger partial charge in [0.25, 0.3) is 0 Å². The molecule has 0 spiro atoms. The van der Waals surface area contributed by atoms with Crippen molar-refractivity contribution in [1.29, 1.82) is 0 Å². The van der Waals surface area contributed by atoms with Gasteiger partial charge in [-0.3, -0.25) is 0 Å². The van der Waals surface area contributed by atoms with Crippen LogP contribution in [-0.2, 0) is 10.3 Å². The summed E-state index contributed by atoms with van der Waals surface area (Å²) in [6, 6.07) is 31.4. The average molecular weight is 466 g/mol. The zero-order chi connectivity index (χ0) is 24.7. The molecule has 3 aromatic carbocycles. The first-order chi connectivity index (χ1) is 16.9. The van der Waals surface area contributed by atoms with Crippen molar-refractivity contribution >= 4 is 12.2 Å². The lowest BCUT2D eigenvalue weighted by atomic mass is 9.77. The first kappa shape index (κ1) is 24.0. The van der Waals surface area contributed by atoms with Gasteiger partial charge in [0.2, 0.25) is 0 Å². The average Bonchev–Trinajstić information content (AvgIpc) is 3.32. The minimum Gasteiger partial charge on any atom is -0.444 e. The third-order valence-corrected chi connectivity index (χ3v) is 5.62. The fourth-order valence-electron chi connectivity index (χ4n) is 4.23. The largest absolute Gasteiger partial charge is 0.444 e. The maximum Gasteiger partial charge on any atom is 0.407 e. The number of nitrogens with zero attached hydrogens (tertiary/aromatic N) is 2. The predicted octanol–water partition coefficient (Wildman–Crippen LogP) is 6.26. The molecule has 4 rings (SSSR count). The minimum absolute atomic E-state index is 0.350. The van der Waals surface area contributed by atoms with E-state index in [9.17, 15) is 4.79 Å². The monoisotopic (exact) mass is 465 g/mol. The molecule has 0 saturated carbocycles. The highest BCUT2D eigenvalue weighted by molar-refractivity contribution is 5.68. The lowest BCUT2D eigenvalue weighted by Gasteiger charge is -2.37. The maximum absolute atomic E-state index is 11.9. The van der Waals surface area contributed by atoms with Crippen molar-refractivity contribution in [2.24, 2.45) is 0 Å². The molecule has 0 fully saturated rings. The molecule has 1 N–H and O–H groups in total. The van der Waals surface area contributed by atoms with Gasteiger partial charge in [-0.05, 0) is 43.5 Å². The predicted molar refractivity (Wildman–Crippen MR) is 140 cm³/mol. The quantitative estimate of drug-likeness (QED) is 0.328. The number of carbonyl (C=O) groups is 1. The second-order valence-corrected chi connectivity index (χ2v) is 9.30. The highest BCUT2D eigenvalue weighted by atomic mass is 16.6. The number of hydrogen-bond acceptors (Lipinski definition) is 3. The van der Waals surface area contributed by atoms with E-state index in [-0.39, 0.29) is 0 Å². The van der Waals surface area contributed by atoms with Crippen LogP contribution in [0, 0.1) is 0 Å². The lowest BCUT2D eigenvalue weighted by molar-refractivity contribution is 0.0534. The Kier molecular flexibility index (Phi) is 7.16. The number of amides is 1. The molecule has 35 heavy (non-hydrogen) atoms. The Morgan fingerprint density at radius 2 is 1.34 bits per heavy atom. The van der Waals surface area contributed by atoms with E-state index >= 15 is 0 Å². The molecular formula is C30H31N3O2. The van der Waals surface area contributed by atoms with Crippen molar-refractivity contribution in [3.8, 4) is 0 Å². The Balaban J connectivity index is 1.71. The highest BCUT2D eigenvalue weighted by Crippen LogP contribution is 2.40. The number of nitrogens with one attached hydrogen (secondary N) is 1. The molecule has 0 radical (unpaired) electrons. The molecule has 0 atom stereocenters. The molecule has 5 heteroatoms. The summed E-state index contributed by atoms with van der Waals surface area (Å²) in [5.74, 6) is 0. The normalized spacial score (nSPS) is 12.0. The fourth-order valence-corrected chi connectivity index (χ4v) is 4.23. The van der Waals surface area contributed by atoms with Crippen LogP contribution in [0.1, 0.15) is 43.2 Å². The molecule has 0 bridgehead atoms. The zero-order valence-electron chi connectivity index (χ0n) is 20.4. The fraction of sp³-hybridized carbons (Fsp3) is 0.200. The number of carbonyl (C=O) groups excluding carboxylic acids is 1. The van der Waals surface area contributed by atoms with E-state index < -0.39 is 17.2 Å². The Morgan fingerprint density at radius 3 is 1.80 bits per heavy atom. The summed E-state index contributed by atoms with van der Waals surface area (Å²) in [7, 11) is 0. The number of hydrogen-bond donors (Lipinski definition) is 1. The standard InChI is InChI=1S/C30H31N3O2/c1-29(2,3)35-28(34)31-21-13-20-27-22-33(23-32-27)30(24-14-7-4-8-15-24,25-16-9-5-10-17-25)26-18-11-6-12-19-26/h4-20,22-23H,21H2,1-3H3,(H,31,34)/b20-13+. The van der Waals surface area contributed by atoms with E-state index in [4.69, 9.17) is 4.74 Å². The van der Waals surface area contributed by atoms with Crippen LogP contribution in [0.3, 0.4) is 0 Å². The Morgan fingerprint density at radius 1 is 0.857 bits per heavy atom. The highest BCUT2D eigenvalue weighted by Gasteiger charge is 2.38. The maximum atomic E-state index is 11.9. The summed E-state index contributed by atoms with van der Waals surface area (Å²) in [5.41, 5.74) is 3.08. The summed E-state index contributed by atoms with van der Waals surface area (Å²) in [6.07, 6.45) is 7.24. The molecule has 178 valence electrons. The van der Waals surface area contributed by atoms with E-state index in [1.54, 1.807) is 0 Å². The van der Waals surface area contributed by atoms with Crippen molar-refractivity contribution in [3.05, 3.63) is 132 Å². The number of alkyl carbamates (subject to hydrolysis) is 1. The van der Waals surface area contributed by atoms with Crippen molar-refractivity contribution in [3.63, 3.8) is 0 Å². The Labute approximate surface area is 207 Å². The van der Waals surface area contributed by atoms with Crippen molar-refractivity contribution in [1.82, 2.24) is 14.9 Å². The number of rotatable bonds is 7. The van der Waals surface area contributed by atoms with Gasteiger partial charge in [0.15, 0.2) is 0 Å². The molecule has 4 aromatic rings. The van der Waals surface area contributed by atoms with Gasteiger partial charge in [-0.25, -0.2) is 9.78 Å². The second kappa shape index (κ2) is 10.4. The van der Waals surface area contributed by atoms with Crippen LogP contribution in [0.5, 0.6) is 0 Å². The summed E-state index contributed by atoms with van der Waals surface area (Å²) < 4.78 is 7.44. The molecule has 1 amide bonds. The number of aromatic nitrogens is 2. The van der Waals surface area contributed by atoms with Crippen LogP contribution in [-0.4, -0.2) is 27.8 Å². The minimum atomic E-state index is -0.600. The number of ether oxygens (including phenoxy) is 1. The molecule has 1 aromatic heterocycles. The van der Waals surface area contributed by atoms with Crippen LogP contribution in [0.2, 0.25) is 0 Å². The van der Waals surface area contributed by atoms with Crippen LogP contribution < -0.4 is 5.32 Å². The number of imidazole rings is 1. The van der Waals surface area contributed by atoms with Crippen LogP contribution in [0.4, 0.5) is 4.79 Å². The van der Waals surface area contributed by atoms with E-state index in [1.165, 1.54) is 0 Å². The molecule has 0 aliphatic heterocycles. The SMILES string of the molecule is CC(C)(C)OC(=O)NC/C=C/c1cn(C(c2ccccc2)(c2ccccc2)c2ccccc2)cn1. The van der Waals surface area contributed by atoms with Gasteiger partial charge in [0, 0.05) is 12.7 Å². The van der Waals surface area contributed by atoms with E-state index in [0.29, 0.717) is 6.54 Å². The van der Waals surface area contributed by atoms with Gasteiger partial charge >= 0.3 is 6.09 Å². The van der Waals surface area contributed by atoms with Gasteiger partial charge in [-0.15, -0.1) is 0 Å². The topological polar surface area (TPSA) is 56.1 Å². The van der Waals surface area contributed by atoms with Gasteiger partial charge in [-0.1, -0.05) is 97.1 Å². The van der Waals surface area contributed by atoms with Crippen LogP contribution in [0.15, 0.2) is 110 Å². The molecule has 0 aliphatic carbocycles. The van der Waals surface area contributed by atoms with Gasteiger partial charge in [0.1, 0.15) is 11.1 Å². The molecule has 1 heterocycles.